The minimum Gasteiger partial charge on any atom is -0.344 e. The first kappa shape index (κ1) is 15.3. The highest BCUT2D eigenvalue weighted by Crippen LogP contribution is 2.48. The van der Waals surface area contributed by atoms with Crippen LogP contribution in [0.3, 0.4) is 0 Å². The molecule has 2 aromatic rings. The van der Waals surface area contributed by atoms with Gasteiger partial charge in [0, 0.05) is 21.6 Å². The van der Waals surface area contributed by atoms with E-state index in [-0.39, 0.29) is 23.4 Å². The number of hydrogen-bond donors (Lipinski definition) is 1. The first-order valence-electron chi connectivity index (χ1n) is 7.62. The van der Waals surface area contributed by atoms with Crippen molar-refractivity contribution in [2.24, 2.45) is 5.92 Å². The predicted octanol–water partition coefficient (Wildman–Crippen LogP) is 4.21. The van der Waals surface area contributed by atoms with E-state index < -0.39 is 0 Å². The predicted molar refractivity (Wildman–Crippen MR) is 95.5 cm³/mol. The summed E-state index contributed by atoms with van der Waals surface area (Å²) in [5.74, 6) is 0.592. The minimum absolute atomic E-state index is 0.0680. The number of hydrogen-bond acceptors (Lipinski definition) is 3. The van der Waals surface area contributed by atoms with Gasteiger partial charge in [0.1, 0.15) is 11.6 Å². The quantitative estimate of drug-likeness (QED) is 0.836. The first-order valence-corrected chi connectivity index (χ1v) is 8.98. The second-order valence-electron chi connectivity index (χ2n) is 5.81. The van der Waals surface area contributed by atoms with Crippen molar-refractivity contribution in [2.45, 2.75) is 10.9 Å². The molecule has 0 saturated carbocycles. The average Bonchev–Trinajstić information content (AvgIpc) is 2.61. The van der Waals surface area contributed by atoms with Crippen molar-refractivity contribution in [2.75, 3.05) is 5.75 Å². The molecule has 2 aliphatic heterocycles. The van der Waals surface area contributed by atoms with Crippen LogP contribution < -0.4 is 5.32 Å². The maximum absolute atomic E-state index is 12.5. The number of amides is 1. The molecule has 0 aromatic heterocycles. The number of halogens is 1. The van der Waals surface area contributed by atoms with Crippen LogP contribution in [0.4, 0.5) is 0 Å². The molecule has 24 heavy (non-hydrogen) atoms. The molecule has 2 aliphatic rings. The Balaban J connectivity index is 1.88. The largest absolute Gasteiger partial charge is 0.344 e. The Kier molecular flexibility index (Phi) is 3.84. The number of nitriles is 1. The highest BCUT2D eigenvalue weighted by atomic mass is 35.5. The van der Waals surface area contributed by atoms with Gasteiger partial charge in [-0.25, -0.2) is 0 Å². The summed E-state index contributed by atoms with van der Waals surface area (Å²) in [4.78, 5) is 13.7. The van der Waals surface area contributed by atoms with Gasteiger partial charge in [0.25, 0.3) is 5.91 Å². The van der Waals surface area contributed by atoms with Crippen LogP contribution in [0.2, 0.25) is 5.02 Å². The number of thioether (sulfide) groups is 1. The Hall–Kier alpha value is -2.22. The van der Waals surface area contributed by atoms with Gasteiger partial charge in [-0.3, -0.25) is 4.79 Å². The maximum Gasteiger partial charge on any atom is 0.262 e. The molecule has 3 nitrogen and oxygen atoms in total. The normalized spacial score (nSPS) is 22.2. The molecular weight excluding hydrogens is 340 g/mol. The zero-order chi connectivity index (χ0) is 16.7. The molecule has 1 N–H and O–H groups in total. The number of benzene rings is 2. The fourth-order valence-corrected chi connectivity index (χ4v) is 4.79. The number of fused-ring (bicyclic) bond motifs is 3. The smallest absolute Gasteiger partial charge is 0.262 e. The fourth-order valence-electron chi connectivity index (χ4n) is 3.41. The molecule has 0 aliphatic carbocycles. The summed E-state index contributed by atoms with van der Waals surface area (Å²) in [5, 5.41) is 13.2. The van der Waals surface area contributed by atoms with E-state index in [2.05, 4.69) is 23.5 Å². The Labute approximate surface area is 149 Å². The lowest BCUT2D eigenvalue weighted by molar-refractivity contribution is -0.118. The summed E-state index contributed by atoms with van der Waals surface area (Å²) in [7, 11) is 0. The average molecular weight is 353 g/mol. The fraction of sp³-hybridized carbons (Fsp3) is 0.158. The topological polar surface area (TPSA) is 52.9 Å². The van der Waals surface area contributed by atoms with Gasteiger partial charge in [0.15, 0.2) is 0 Å². The van der Waals surface area contributed by atoms with E-state index in [4.69, 9.17) is 11.6 Å². The molecule has 0 fully saturated rings. The van der Waals surface area contributed by atoms with E-state index >= 15 is 0 Å². The van der Waals surface area contributed by atoms with Crippen LogP contribution in [-0.4, -0.2) is 11.7 Å². The van der Waals surface area contributed by atoms with Crippen molar-refractivity contribution in [1.82, 2.24) is 5.32 Å². The summed E-state index contributed by atoms with van der Waals surface area (Å²) in [5.41, 5.74) is 3.04. The van der Waals surface area contributed by atoms with E-state index in [1.54, 1.807) is 23.9 Å². The summed E-state index contributed by atoms with van der Waals surface area (Å²) >= 11 is 7.76. The summed E-state index contributed by atoms with van der Waals surface area (Å²) in [6, 6.07) is 17.5. The molecule has 2 heterocycles. The van der Waals surface area contributed by atoms with Crippen LogP contribution in [0.1, 0.15) is 17.2 Å². The van der Waals surface area contributed by atoms with Gasteiger partial charge >= 0.3 is 0 Å². The van der Waals surface area contributed by atoms with Gasteiger partial charge in [0.2, 0.25) is 0 Å². The third-order valence-corrected chi connectivity index (χ3v) is 5.96. The molecule has 0 bridgehead atoms. The van der Waals surface area contributed by atoms with E-state index in [0.29, 0.717) is 5.02 Å². The number of nitrogens with zero attached hydrogens (tertiary/aromatic N) is 1. The Morgan fingerprint density at radius 2 is 1.92 bits per heavy atom. The van der Waals surface area contributed by atoms with E-state index in [0.717, 1.165) is 22.5 Å². The molecular formula is C19H13ClN2OS. The number of carbonyl (C=O) groups excluding carboxylic acids is 1. The van der Waals surface area contributed by atoms with Crippen molar-refractivity contribution in [3.8, 4) is 6.07 Å². The van der Waals surface area contributed by atoms with Crippen LogP contribution in [0.25, 0.3) is 5.57 Å². The van der Waals surface area contributed by atoms with E-state index in [1.807, 2.05) is 24.3 Å². The molecule has 1 amide bonds. The maximum atomic E-state index is 12.5. The van der Waals surface area contributed by atoms with E-state index in [1.165, 1.54) is 4.90 Å². The number of nitrogens with one attached hydrogen (secondary N) is 1. The lowest BCUT2D eigenvalue weighted by Crippen LogP contribution is -2.42. The molecule has 118 valence electrons. The molecule has 2 unspecified atom stereocenters. The molecule has 0 saturated heterocycles. The third kappa shape index (κ3) is 2.41. The second-order valence-corrected chi connectivity index (χ2v) is 7.31. The number of carbonyl (C=O) groups is 1. The first-order chi connectivity index (χ1) is 11.7. The van der Waals surface area contributed by atoms with Crippen molar-refractivity contribution >= 4 is 34.8 Å². The molecule has 2 atom stereocenters. The molecule has 0 radical (unpaired) electrons. The van der Waals surface area contributed by atoms with Gasteiger partial charge in [-0.2, -0.15) is 5.26 Å². The second kappa shape index (κ2) is 6.01. The molecule has 5 heteroatoms. The Morgan fingerprint density at radius 3 is 2.67 bits per heavy atom. The zero-order valence-corrected chi connectivity index (χ0v) is 14.2. The third-order valence-electron chi connectivity index (χ3n) is 4.50. The van der Waals surface area contributed by atoms with E-state index in [9.17, 15) is 10.1 Å². The van der Waals surface area contributed by atoms with Crippen LogP contribution in [0.15, 0.2) is 59.0 Å². The number of rotatable bonds is 1. The SMILES string of the molecule is N#CC1=C(c2ccc(Cl)cc2)C2CSc3ccccc3C2NC1=O. The lowest BCUT2D eigenvalue weighted by Gasteiger charge is -2.38. The monoisotopic (exact) mass is 352 g/mol. The van der Waals surface area contributed by atoms with Gasteiger partial charge < -0.3 is 5.32 Å². The van der Waals surface area contributed by atoms with Crippen molar-refractivity contribution < 1.29 is 4.79 Å². The molecule has 0 spiro atoms. The molecule has 4 rings (SSSR count). The van der Waals surface area contributed by atoms with Crippen molar-refractivity contribution in [3.63, 3.8) is 0 Å². The van der Waals surface area contributed by atoms with Crippen LogP contribution in [0.5, 0.6) is 0 Å². The summed E-state index contributed by atoms with van der Waals surface area (Å²) in [6.07, 6.45) is 0. The van der Waals surface area contributed by atoms with Crippen LogP contribution in [0, 0.1) is 17.2 Å². The molecule has 2 aromatic carbocycles. The zero-order valence-electron chi connectivity index (χ0n) is 12.6. The van der Waals surface area contributed by atoms with Crippen molar-refractivity contribution in [1.29, 1.82) is 5.26 Å². The van der Waals surface area contributed by atoms with Crippen LogP contribution >= 0.6 is 23.4 Å². The lowest BCUT2D eigenvalue weighted by atomic mass is 9.79. The van der Waals surface area contributed by atoms with Gasteiger partial charge in [-0.05, 0) is 34.9 Å². The van der Waals surface area contributed by atoms with Crippen LogP contribution in [-0.2, 0) is 4.79 Å². The van der Waals surface area contributed by atoms with Crippen molar-refractivity contribution in [3.05, 3.63) is 70.3 Å². The minimum atomic E-state index is -0.301. The van der Waals surface area contributed by atoms with Gasteiger partial charge in [-0.15, -0.1) is 11.8 Å². The highest BCUT2D eigenvalue weighted by molar-refractivity contribution is 7.99. The van der Waals surface area contributed by atoms with Gasteiger partial charge in [0.05, 0.1) is 6.04 Å². The van der Waals surface area contributed by atoms with Gasteiger partial charge in [-0.1, -0.05) is 41.9 Å². The summed E-state index contributed by atoms with van der Waals surface area (Å²) in [6.45, 7) is 0. The summed E-state index contributed by atoms with van der Waals surface area (Å²) < 4.78 is 0. The Bertz CT molecular complexity index is 898. The standard InChI is InChI=1S/C19H13ClN2OS/c20-12-7-5-11(6-8-12)17-14(9-21)19(23)22-18-13-3-1-2-4-16(13)24-10-15(17)18/h1-8,15,18H,10H2,(H,22,23). The highest BCUT2D eigenvalue weighted by Gasteiger charge is 2.40. The Morgan fingerprint density at radius 1 is 1.17 bits per heavy atom.